The normalized spacial score (nSPS) is 15.7. The van der Waals surface area contributed by atoms with Gasteiger partial charge in [-0.3, -0.25) is 9.69 Å². The molecule has 0 amide bonds. The van der Waals surface area contributed by atoms with Gasteiger partial charge in [-0.1, -0.05) is 48.5 Å². The Morgan fingerprint density at radius 1 is 1.00 bits per heavy atom. The number of benzene rings is 3. The van der Waals surface area contributed by atoms with Gasteiger partial charge in [0.25, 0.3) is 0 Å². The number of carbonyl (C=O) groups is 1. The molecule has 0 aromatic heterocycles. The summed E-state index contributed by atoms with van der Waals surface area (Å²) in [5, 5.41) is 9.37. The maximum absolute atomic E-state index is 13.6. The number of aliphatic carboxylic acids is 1. The van der Waals surface area contributed by atoms with Gasteiger partial charge in [0.15, 0.2) is 11.5 Å². The zero-order valence-corrected chi connectivity index (χ0v) is 18.6. The molecule has 5 nitrogen and oxygen atoms in total. The first-order chi connectivity index (χ1) is 16.0. The van der Waals surface area contributed by atoms with Gasteiger partial charge in [0, 0.05) is 0 Å². The van der Waals surface area contributed by atoms with Gasteiger partial charge in [0.1, 0.15) is 12.4 Å². The van der Waals surface area contributed by atoms with Crippen LogP contribution < -0.4 is 9.47 Å². The zero-order valence-electron chi connectivity index (χ0n) is 18.6. The molecular formula is C27H28FNO4. The number of likely N-dealkylation sites (tertiary alicyclic amines) is 1. The van der Waals surface area contributed by atoms with Crippen molar-refractivity contribution in [3.8, 4) is 11.5 Å². The lowest BCUT2D eigenvalue weighted by atomic mass is 9.91. The molecule has 1 N–H and O–H groups in total. The van der Waals surface area contributed by atoms with E-state index in [2.05, 4.69) is 4.90 Å². The first-order valence-corrected chi connectivity index (χ1v) is 11.1. The molecule has 33 heavy (non-hydrogen) atoms. The van der Waals surface area contributed by atoms with Crippen molar-refractivity contribution in [2.45, 2.75) is 25.5 Å². The molecule has 1 heterocycles. The summed E-state index contributed by atoms with van der Waals surface area (Å²) < 4.78 is 25.3. The fraction of sp³-hybridized carbons (Fsp3) is 0.296. The lowest BCUT2D eigenvalue weighted by Crippen LogP contribution is -2.39. The summed E-state index contributed by atoms with van der Waals surface area (Å²) in [6.07, 6.45) is 1.17. The molecule has 172 valence electrons. The van der Waals surface area contributed by atoms with Crippen molar-refractivity contribution >= 4 is 5.97 Å². The highest BCUT2D eigenvalue weighted by molar-refractivity contribution is 5.70. The summed E-state index contributed by atoms with van der Waals surface area (Å²) in [6.45, 7) is 1.72. The Kier molecular flexibility index (Phi) is 7.25. The lowest BCUT2D eigenvalue weighted by Gasteiger charge is -2.37. The van der Waals surface area contributed by atoms with Gasteiger partial charge in [-0.25, -0.2) is 4.39 Å². The van der Waals surface area contributed by atoms with Crippen LogP contribution in [0, 0.1) is 11.7 Å². The molecular weight excluding hydrogens is 421 g/mol. The Morgan fingerprint density at radius 2 is 1.67 bits per heavy atom. The second-order valence-corrected chi connectivity index (χ2v) is 8.29. The van der Waals surface area contributed by atoms with Crippen LogP contribution in [0.25, 0.3) is 0 Å². The predicted octanol–water partition coefficient (Wildman–Crippen LogP) is 5.30. The van der Waals surface area contributed by atoms with Crippen LogP contribution in [0.5, 0.6) is 11.5 Å². The van der Waals surface area contributed by atoms with Crippen LogP contribution >= 0.6 is 0 Å². The van der Waals surface area contributed by atoms with Crippen molar-refractivity contribution < 1.29 is 23.8 Å². The largest absolute Gasteiger partial charge is 0.493 e. The van der Waals surface area contributed by atoms with Gasteiger partial charge in [0.05, 0.1) is 19.1 Å². The van der Waals surface area contributed by atoms with Crippen molar-refractivity contribution in [3.05, 3.63) is 95.3 Å². The molecule has 3 aromatic carbocycles. The lowest BCUT2D eigenvalue weighted by molar-refractivity contribution is -0.143. The second kappa shape index (κ2) is 10.5. The summed E-state index contributed by atoms with van der Waals surface area (Å²) in [6, 6.07) is 22.1. The van der Waals surface area contributed by atoms with Crippen molar-refractivity contribution in [1.29, 1.82) is 0 Å². The molecule has 1 saturated heterocycles. The van der Waals surface area contributed by atoms with Crippen LogP contribution in [-0.4, -0.2) is 36.2 Å². The highest BCUT2D eigenvalue weighted by atomic mass is 19.1. The molecule has 3 aromatic rings. The zero-order chi connectivity index (χ0) is 23.2. The number of nitrogens with zero attached hydrogens (tertiary/aromatic N) is 1. The minimum atomic E-state index is -0.741. The molecule has 0 aliphatic carbocycles. The molecule has 6 heteroatoms. The number of rotatable bonds is 8. The summed E-state index contributed by atoms with van der Waals surface area (Å²) in [5.41, 5.74) is 3.00. The average Bonchev–Trinajstić information content (AvgIpc) is 2.85. The molecule has 1 fully saturated rings. The van der Waals surface area contributed by atoms with Crippen LogP contribution in [-0.2, 0) is 11.4 Å². The van der Waals surface area contributed by atoms with E-state index in [4.69, 9.17) is 9.47 Å². The third kappa shape index (κ3) is 5.52. The standard InChI is InChI=1S/C27H28FNO4/c1-32-25-17-22(9-12-24(25)33-18-19-5-3-2-4-6-19)26(20-7-10-23(28)11-8-20)29-15-13-21(14-16-29)27(30)31/h2-12,17,21,26H,13-16,18H2,1H3,(H,30,31). The fourth-order valence-electron chi connectivity index (χ4n) is 4.37. The van der Waals surface area contributed by atoms with E-state index in [0.717, 1.165) is 16.7 Å². The van der Waals surface area contributed by atoms with Gasteiger partial charge < -0.3 is 14.6 Å². The van der Waals surface area contributed by atoms with Crippen LogP contribution in [0.1, 0.15) is 35.6 Å². The molecule has 0 radical (unpaired) electrons. The first-order valence-electron chi connectivity index (χ1n) is 11.1. The van der Waals surface area contributed by atoms with Gasteiger partial charge in [0.2, 0.25) is 0 Å². The Balaban J connectivity index is 1.60. The molecule has 0 bridgehead atoms. The molecule has 1 unspecified atom stereocenters. The number of carboxylic acid groups (broad SMARTS) is 1. The Morgan fingerprint density at radius 3 is 2.30 bits per heavy atom. The number of piperidine rings is 1. The first kappa shape index (κ1) is 22.8. The smallest absolute Gasteiger partial charge is 0.306 e. The highest BCUT2D eigenvalue weighted by Gasteiger charge is 2.30. The van der Waals surface area contributed by atoms with Gasteiger partial charge in [-0.15, -0.1) is 0 Å². The monoisotopic (exact) mass is 449 g/mol. The second-order valence-electron chi connectivity index (χ2n) is 8.29. The van der Waals surface area contributed by atoms with Gasteiger partial charge >= 0.3 is 5.97 Å². The summed E-state index contributed by atoms with van der Waals surface area (Å²) in [4.78, 5) is 13.7. The van der Waals surface area contributed by atoms with E-state index < -0.39 is 5.97 Å². The summed E-state index contributed by atoms with van der Waals surface area (Å²) in [5.74, 6) is -0.0826. The van der Waals surface area contributed by atoms with Gasteiger partial charge in [-0.05, 0) is 66.9 Å². The van der Waals surface area contributed by atoms with E-state index in [1.54, 1.807) is 19.2 Å². The number of methoxy groups -OCH3 is 1. The quantitative estimate of drug-likeness (QED) is 0.506. The topological polar surface area (TPSA) is 59.0 Å². The predicted molar refractivity (Wildman–Crippen MR) is 124 cm³/mol. The Labute approximate surface area is 193 Å². The summed E-state index contributed by atoms with van der Waals surface area (Å²) in [7, 11) is 1.61. The van der Waals surface area contributed by atoms with E-state index in [9.17, 15) is 14.3 Å². The number of halogens is 1. The fourth-order valence-corrected chi connectivity index (χ4v) is 4.37. The van der Waals surface area contributed by atoms with Crippen molar-refractivity contribution in [2.24, 2.45) is 5.92 Å². The number of hydrogen-bond acceptors (Lipinski definition) is 4. The third-order valence-electron chi connectivity index (χ3n) is 6.17. The van der Waals surface area contributed by atoms with E-state index in [1.807, 2.05) is 48.5 Å². The Bertz CT molecular complexity index is 1060. The SMILES string of the molecule is COc1cc(C(c2ccc(F)cc2)N2CCC(C(=O)O)CC2)ccc1OCc1ccccc1. The van der Waals surface area contributed by atoms with Crippen LogP contribution in [0.15, 0.2) is 72.8 Å². The van der Waals surface area contributed by atoms with E-state index in [1.165, 1.54) is 12.1 Å². The molecule has 4 rings (SSSR count). The average molecular weight is 450 g/mol. The molecule has 0 spiro atoms. The van der Waals surface area contributed by atoms with E-state index >= 15 is 0 Å². The number of carboxylic acids is 1. The Hall–Kier alpha value is -3.38. The minimum Gasteiger partial charge on any atom is -0.493 e. The van der Waals surface area contributed by atoms with Crippen molar-refractivity contribution in [2.75, 3.05) is 20.2 Å². The maximum atomic E-state index is 13.6. The number of hydrogen-bond donors (Lipinski definition) is 1. The van der Waals surface area contributed by atoms with E-state index in [0.29, 0.717) is 44.0 Å². The molecule has 1 aliphatic heterocycles. The molecule has 1 atom stereocenters. The van der Waals surface area contributed by atoms with Crippen molar-refractivity contribution in [3.63, 3.8) is 0 Å². The number of ether oxygens (including phenoxy) is 2. The van der Waals surface area contributed by atoms with Crippen LogP contribution in [0.2, 0.25) is 0 Å². The minimum absolute atomic E-state index is 0.141. The highest BCUT2D eigenvalue weighted by Crippen LogP contribution is 2.37. The molecule has 0 saturated carbocycles. The summed E-state index contributed by atoms with van der Waals surface area (Å²) >= 11 is 0. The van der Waals surface area contributed by atoms with Crippen LogP contribution in [0.3, 0.4) is 0 Å². The van der Waals surface area contributed by atoms with Crippen LogP contribution in [0.4, 0.5) is 4.39 Å². The maximum Gasteiger partial charge on any atom is 0.306 e. The van der Waals surface area contributed by atoms with Gasteiger partial charge in [-0.2, -0.15) is 0 Å². The van der Waals surface area contributed by atoms with E-state index in [-0.39, 0.29) is 17.8 Å². The third-order valence-corrected chi connectivity index (χ3v) is 6.17. The molecule has 1 aliphatic rings. The van der Waals surface area contributed by atoms with Crippen molar-refractivity contribution in [1.82, 2.24) is 4.90 Å².